The molecular weight excluding hydrogens is 252 g/mol. The molecule has 1 aromatic heterocycles. The zero-order valence-electron chi connectivity index (χ0n) is 13.4. The number of nitrogens with zero attached hydrogens (tertiary/aromatic N) is 2. The van der Waals surface area contributed by atoms with Crippen LogP contribution in [0.2, 0.25) is 0 Å². The molecule has 114 valence electrons. The molecule has 0 aromatic carbocycles. The lowest BCUT2D eigenvalue weighted by atomic mass is 9.63. The first-order chi connectivity index (χ1) is 9.22. The molecule has 0 amide bonds. The molecule has 1 fully saturated rings. The van der Waals surface area contributed by atoms with E-state index in [-0.39, 0.29) is 17.3 Å². The zero-order valence-corrected chi connectivity index (χ0v) is 13.4. The van der Waals surface area contributed by atoms with Gasteiger partial charge in [-0.15, -0.1) is 0 Å². The van der Waals surface area contributed by atoms with Crippen LogP contribution in [0.3, 0.4) is 0 Å². The van der Waals surface area contributed by atoms with Crippen molar-refractivity contribution in [3.8, 4) is 0 Å². The van der Waals surface area contributed by atoms with Crippen LogP contribution < -0.4 is 0 Å². The first kappa shape index (κ1) is 15.5. The second kappa shape index (κ2) is 5.47. The van der Waals surface area contributed by atoms with Gasteiger partial charge in [-0.2, -0.15) is 4.98 Å². The normalized spacial score (nSPS) is 28.1. The van der Waals surface area contributed by atoms with E-state index in [0.717, 1.165) is 25.1 Å². The molecule has 1 aliphatic rings. The van der Waals surface area contributed by atoms with Gasteiger partial charge >= 0.3 is 0 Å². The van der Waals surface area contributed by atoms with Crippen LogP contribution in [0.25, 0.3) is 0 Å². The Bertz CT molecular complexity index is 448. The maximum absolute atomic E-state index is 11.1. The zero-order chi connectivity index (χ0) is 15.0. The van der Waals surface area contributed by atoms with Crippen molar-refractivity contribution in [1.29, 1.82) is 0 Å². The van der Waals surface area contributed by atoms with Crippen LogP contribution in [0.15, 0.2) is 4.52 Å². The van der Waals surface area contributed by atoms with Gasteiger partial charge < -0.3 is 9.63 Å². The van der Waals surface area contributed by atoms with Gasteiger partial charge in [-0.1, -0.05) is 52.6 Å². The van der Waals surface area contributed by atoms with E-state index in [4.69, 9.17) is 4.52 Å². The molecule has 1 aliphatic carbocycles. The number of hydrogen-bond donors (Lipinski definition) is 1. The Labute approximate surface area is 122 Å². The average Bonchev–Trinajstić information content (AvgIpc) is 2.75. The fourth-order valence-electron chi connectivity index (χ4n) is 3.51. The monoisotopic (exact) mass is 280 g/mol. The molecule has 2 rings (SSSR count). The quantitative estimate of drug-likeness (QED) is 0.917. The van der Waals surface area contributed by atoms with Crippen LogP contribution in [0.4, 0.5) is 0 Å². The van der Waals surface area contributed by atoms with Crippen LogP contribution in [0, 0.1) is 11.3 Å². The van der Waals surface area contributed by atoms with Gasteiger partial charge in [0.1, 0.15) is 0 Å². The van der Waals surface area contributed by atoms with Gasteiger partial charge in [0, 0.05) is 5.92 Å². The van der Waals surface area contributed by atoms with Crippen LogP contribution in [-0.2, 0) is 6.42 Å². The Morgan fingerprint density at radius 1 is 1.35 bits per heavy atom. The highest BCUT2D eigenvalue weighted by Crippen LogP contribution is 2.45. The fourth-order valence-corrected chi connectivity index (χ4v) is 3.51. The molecule has 0 saturated heterocycles. The maximum atomic E-state index is 11.1. The molecular formula is C16H28N2O2. The number of aromatic nitrogens is 2. The SMILES string of the molecule is CC(C)c1noc(CC2(O)CCCCC2C(C)(C)C)n1. The first-order valence-electron chi connectivity index (χ1n) is 7.77. The molecule has 1 aromatic rings. The summed E-state index contributed by atoms with van der Waals surface area (Å²) in [5, 5.41) is 15.1. The molecule has 1 heterocycles. The van der Waals surface area contributed by atoms with E-state index in [1.807, 2.05) is 13.8 Å². The summed E-state index contributed by atoms with van der Waals surface area (Å²) in [6.45, 7) is 10.7. The molecule has 1 N–H and O–H groups in total. The van der Waals surface area contributed by atoms with Gasteiger partial charge in [-0.25, -0.2) is 0 Å². The van der Waals surface area contributed by atoms with E-state index in [1.54, 1.807) is 0 Å². The van der Waals surface area contributed by atoms with Gasteiger partial charge in [0.05, 0.1) is 12.0 Å². The highest BCUT2D eigenvalue weighted by Gasteiger charge is 2.45. The minimum Gasteiger partial charge on any atom is -0.389 e. The van der Waals surface area contributed by atoms with E-state index in [1.165, 1.54) is 6.42 Å². The summed E-state index contributed by atoms with van der Waals surface area (Å²) in [5.41, 5.74) is -0.618. The van der Waals surface area contributed by atoms with Gasteiger partial charge in [-0.3, -0.25) is 0 Å². The molecule has 20 heavy (non-hydrogen) atoms. The third-order valence-corrected chi connectivity index (χ3v) is 4.50. The molecule has 0 spiro atoms. The third-order valence-electron chi connectivity index (χ3n) is 4.50. The highest BCUT2D eigenvalue weighted by atomic mass is 16.5. The molecule has 0 bridgehead atoms. The minimum atomic E-state index is -0.711. The Hall–Kier alpha value is -0.900. The maximum Gasteiger partial charge on any atom is 0.229 e. The average molecular weight is 280 g/mol. The fraction of sp³-hybridized carbons (Fsp3) is 0.875. The second-order valence-electron chi connectivity index (χ2n) is 7.65. The van der Waals surface area contributed by atoms with Crippen molar-refractivity contribution in [2.45, 2.75) is 78.2 Å². The van der Waals surface area contributed by atoms with Crippen molar-refractivity contribution < 1.29 is 9.63 Å². The summed E-state index contributed by atoms with van der Waals surface area (Å²) in [6, 6.07) is 0. The van der Waals surface area contributed by atoms with Gasteiger partial charge in [-0.05, 0) is 24.2 Å². The van der Waals surface area contributed by atoms with E-state index < -0.39 is 5.60 Å². The van der Waals surface area contributed by atoms with E-state index in [9.17, 15) is 5.11 Å². The predicted molar refractivity (Wildman–Crippen MR) is 78.5 cm³/mol. The standard InChI is InChI=1S/C16H28N2O2/c1-11(2)14-17-13(20-18-14)10-16(19)9-7-6-8-12(16)15(3,4)5/h11-12,19H,6-10H2,1-5H3. The lowest BCUT2D eigenvalue weighted by Gasteiger charge is -2.46. The van der Waals surface area contributed by atoms with Crippen LogP contribution in [-0.4, -0.2) is 20.8 Å². The van der Waals surface area contributed by atoms with Crippen molar-refractivity contribution in [1.82, 2.24) is 10.1 Å². The Kier molecular flexibility index (Phi) is 4.24. The van der Waals surface area contributed by atoms with Crippen molar-refractivity contribution in [2.75, 3.05) is 0 Å². The summed E-state index contributed by atoms with van der Waals surface area (Å²) in [7, 11) is 0. The molecule has 0 aliphatic heterocycles. The van der Waals surface area contributed by atoms with Gasteiger partial charge in [0.25, 0.3) is 0 Å². The molecule has 2 unspecified atom stereocenters. The Morgan fingerprint density at radius 3 is 2.60 bits per heavy atom. The smallest absolute Gasteiger partial charge is 0.229 e. The van der Waals surface area contributed by atoms with E-state index in [0.29, 0.717) is 12.3 Å². The lowest BCUT2D eigenvalue weighted by Crippen LogP contribution is -2.48. The molecule has 0 radical (unpaired) electrons. The van der Waals surface area contributed by atoms with Crippen LogP contribution >= 0.6 is 0 Å². The molecule has 2 atom stereocenters. The van der Waals surface area contributed by atoms with Gasteiger partial charge in [0.2, 0.25) is 5.89 Å². The van der Waals surface area contributed by atoms with Gasteiger partial charge in [0.15, 0.2) is 5.82 Å². The highest BCUT2D eigenvalue weighted by molar-refractivity contribution is 5.02. The van der Waals surface area contributed by atoms with E-state index >= 15 is 0 Å². The van der Waals surface area contributed by atoms with Crippen LogP contribution in [0.1, 0.15) is 77.9 Å². The first-order valence-corrected chi connectivity index (χ1v) is 7.77. The Morgan fingerprint density at radius 2 is 2.05 bits per heavy atom. The number of rotatable bonds is 3. The lowest BCUT2D eigenvalue weighted by molar-refractivity contribution is -0.0926. The Balaban J connectivity index is 2.18. The molecule has 4 heteroatoms. The summed E-state index contributed by atoms with van der Waals surface area (Å²) in [4.78, 5) is 4.43. The summed E-state index contributed by atoms with van der Waals surface area (Å²) in [5.74, 6) is 1.84. The number of hydrogen-bond acceptors (Lipinski definition) is 4. The van der Waals surface area contributed by atoms with E-state index in [2.05, 4.69) is 30.9 Å². The minimum absolute atomic E-state index is 0.0933. The van der Waals surface area contributed by atoms with Crippen molar-refractivity contribution in [3.05, 3.63) is 11.7 Å². The summed E-state index contributed by atoms with van der Waals surface area (Å²) in [6.07, 6.45) is 4.66. The topological polar surface area (TPSA) is 59.2 Å². The predicted octanol–water partition coefficient (Wildman–Crippen LogP) is 3.70. The second-order valence-corrected chi connectivity index (χ2v) is 7.65. The van der Waals surface area contributed by atoms with Crippen molar-refractivity contribution >= 4 is 0 Å². The number of aliphatic hydroxyl groups is 1. The summed E-state index contributed by atoms with van der Waals surface area (Å²) < 4.78 is 5.33. The van der Waals surface area contributed by atoms with Crippen molar-refractivity contribution in [2.24, 2.45) is 11.3 Å². The van der Waals surface area contributed by atoms with Crippen LogP contribution in [0.5, 0.6) is 0 Å². The molecule has 1 saturated carbocycles. The molecule has 4 nitrogen and oxygen atoms in total. The van der Waals surface area contributed by atoms with Crippen molar-refractivity contribution in [3.63, 3.8) is 0 Å². The largest absolute Gasteiger partial charge is 0.389 e. The third kappa shape index (κ3) is 3.22. The summed E-state index contributed by atoms with van der Waals surface area (Å²) >= 11 is 0.